The molecule has 0 saturated heterocycles. The Morgan fingerprint density at radius 3 is 2.46 bits per heavy atom. The Morgan fingerprint density at radius 2 is 1.71 bits per heavy atom. The van der Waals surface area contributed by atoms with Gasteiger partial charge in [-0.1, -0.05) is 24.3 Å². The maximum absolute atomic E-state index is 10.5. The highest BCUT2D eigenvalue weighted by Crippen LogP contribution is 2.47. The molecule has 0 bridgehead atoms. The van der Waals surface area contributed by atoms with Gasteiger partial charge in [0.05, 0.1) is 23.5 Å². The Hall–Kier alpha value is -1.46. The molecule has 2 N–H and O–H groups in total. The first-order valence-electron chi connectivity index (χ1n) is 8.80. The van der Waals surface area contributed by atoms with Crippen LogP contribution in [-0.2, 0) is 6.42 Å². The van der Waals surface area contributed by atoms with Crippen molar-refractivity contribution in [3.05, 3.63) is 51.4 Å². The van der Waals surface area contributed by atoms with Gasteiger partial charge >= 0.3 is 0 Å². The maximum atomic E-state index is 10.5. The lowest BCUT2D eigenvalue weighted by molar-refractivity contribution is 0.165. The van der Waals surface area contributed by atoms with Crippen LogP contribution < -0.4 is 5.32 Å². The molecule has 3 aliphatic carbocycles. The van der Waals surface area contributed by atoms with E-state index in [4.69, 9.17) is 9.97 Å². The molecule has 2 atom stereocenters. The summed E-state index contributed by atoms with van der Waals surface area (Å²) in [5, 5.41) is 14.1. The second kappa shape index (κ2) is 5.53. The predicted molar refractivity (Wildman–Crippen MR) is 96.2 cm³/mol. The molecule has 0 aliphatic heterocycles. The highest BCUT2D eigenvalue weighted by atomic mass is 79.9. The zero-order chi connectivity index (χ0) is 16.3. The van der Waals surface area contributed by atoms with E-state index in [-0.39, 0.29) is 6.04 Å². The van der Waals surface area contributed by atoms with Gasteiger partial charge in [0.1, 0.15) is 10.4 Å². The summed E-state index contributed by atoms with van der Waals surface area (Å²) < 4.78 is 0.907. The minimum absolute atomic E-state index is 0.0961. The smallest absolute Gasteiger partial charge is 0.149 e. The fourth-order valence-electron chi connectivity index (χ4n) is 3.70. The van der Waals surface area contributed by atoms with Gasteiger partial charge in [-0.25, -0.2) is 9.97 Å². The van der Waals surface area contributed by atoms with Crippen molar-refractivity contribution in [3.8, 4) is 0 Å². The fraction of sp³-hybridized carbons (Fsp3) is 0.474. The summed E-state index contributed by atoms with van der Waals surface area (Å²) in [5.41, 5.74) is 4.54. The van der Waals surface area contributed by atoms with Crippen LogP contribution in [0.5, 0.6) is 0 Å². The molecule has 124 valence electrons. The number of hydrogen-bond donors (Lipinski definition) is 2. The molecule has 0 unspecified atom stereocenters. The van der Waals surface area contributed by atoms with E-state index < -0.39 is 6.10 Å². The van der Waals surface area contributed by atoms with E-state index in [0.717, 1.165) is 21.8 Å². The first-order chi connectivity index (χ1) is 11.7. The number of aliphatic hydroxyl groups is 1. The Kier molecular flexibility index (Phi) is 3.42. The van der Waals surface area contributed by atoms with Crippen LogP contribution in [0.3, 0.4) is 0 Å². The normalized spacial score (nSPS) is 25.6. The van der Waals surface area contributed by atoms with Gasteiger partial charge in [0.15, 0.2) is 0 Å². The molecule has 0 radical (unpaired) electrons. The summed E-state index contributed by atoms with van der Waals surface area (Å²) in [6.07, 6.45) is 5.05. The molecular formula is C19H20BrN3O. The molecule has 2 aromatic rings. The molecule has 4 nitrogen and oxygen atoms in total. The first-order valence-corrected chi connectivity index (χ1v) is 9.59. The lowest BCUT2D eigenvalue weighted by Gasteiger charge is -2.21. The minimum Gasteiger partial charge on any atom is -0.390 e. The lowest BCUT2D eigenvalue weighted by atomic mass is 10.1. The van der Waals surface area contributed by atoms with E-state index in [9.17, 15) is 5.11 Å². The molecule has 1 aromatic heterocycles. The number of aromatic nitrogens is 2. The summed E-state index contributed by atoms with van der Waals surface area (Å²) in [5.74, 6) is 1.93. The van der Waals surface area contributed by atoms with Crippen LogP contribution >= 0.6 is 15.9 Å². The number of anilines is 1. The quantitative estimate of drug-likeness (QED) is 0.832. The third-order valence-electron chi connectivity index (χ3n) is 5.33. The number of fused-ring (bicyclic) bond motifs is 1. The molecule has 0 amide bonds. The van der Waals surface area contributed by atoms with Gasteiger partial charge in [0.25, 0.3) is 0 Å². The molecule has 2 fully saturated rings. The number of hydrogen-bond acceptors (Lipinski definition) is 4. The SMILES string of the molecule is O[C@H]1Cc2ccccc2[C@H]1Nc1nc(C2CC2)c(Br)nc1C1CC1. The average Bonchev–Trinajstić information content (AvgIpc) is 3.46. The Labute approximate surface area is 149 Å². The highest BCUT2D eigenvalue weighted by Gasteiger charge is 2.36. The van der Waals surface area contributed by atoms with Gasteiger partial charge < -0.3 is 10.4 Å². The number of rotatable bonds is 4. The topological polar surface area (TPSA) is 58.0 Å². The zero-order valence-electron chi connectivity index (χ0n) is 13.4. The average molecular weight is 386 g/mol. The van der Waals surface area contributed by atoms with Crippen LogP contribution in [0.2, 0.25) is 0 Å². The van der Waals surface area contributed by atoms with Crippen molar-refractivity contribution in [3.63, 3.8) is 0 Å². The van der Waals surface area contributed by atoms with Crippen LogP contribution in [0.25, 0.3) is 0 Å². The maximum Gasteiger partial charge on any atom is 0.149 e. The molecule has 5 rings (SSSR count). The van der Waals surface area contributed by atoms with Crippen LogP contribution in [0.15, 0.2) is 28.9 Å². The van der Waals surface area contributed by atoms with E-state index in [0.29, 0.717) is 18.3 Å². The van der Waals surface area contributed by atoms with E-state index in [1.165, 1.54) is 36.8 Å². The number of benzene rings is 1. The predicted octanol–water partition coefficient (Wildman–Crippen LogP) is 4.06. The Morgan fingerprint density at radius 1 is 1.00 bits per heavy atom. The minimum atomic E-state index is -0.413. The van der Waals surface area contributed by atoms with Crippen LogP contribution in [0.4, 0.5) is 5.82 Å². The number of nitrogens with one attached hydrogen (secondary N) is 1. The molecule has 1 aromatic carbocycles. The number of halogens is 1. The second-order valence-corrected chi connectivity index (χ2v) is 8.03. The van der Waals surface area contributed by atoms with E-state index in [2.05, 4.69) is 33.4 Å². The van der Waals surface area contributed by atoms with E-state index in [1.54, 1.807) is 0 Å². The van der Waals surface area contributed by atoms with Crippen molar-refractivity contribution >= 4 is 21.7 Å². The van der Waals surface area contributed by atoms with Crippen LogP contribution in [-0.4, -0.2) is 21.2 Å². The third-order valence-corrected chi connectivity index (χ3v) is 5.91. The third kappa shape index (κ3) is 2.54. The lowest BCUT2D eigenvalue weighted by Crippen LogP contribution is -2.23. The van der Waals surface area contributed by atoms with Crippen LogP contribution in [0.1, 0.15) is 66.1 Å². The summed E-state index contributed by atoms with van der Waals surface area (Å²) in [4.78, 5) is 9.76. The van der Waals surface area contributed by atoms with Crippen molar-refractivity contribution in [2.45, 2.75) is 56.1 Å². The summed E-state index contributed by atoms with van der Waals surface area (Å²) in [6, 6.07) is 8.19. The van der Waals surface area contributed by atoms with Crippen LogP contribution in [0, 0.1) is 0 Å². The highest BCUT2D eigenvalue weighted by molar-refractivity contribution is 9.10. The molecule has 2 saturated carbocycles. The Balaban J connectivity index is 1.53. The van der Waals surface area contributed by atoms with Gasteiger partial charge in [0.2, 0.25) is 0 Å². The van der Waals surface area contributed by atoms with Gasteiger partial charge in [0, 0.05) is 18.3 Å². The van der Waals surface area contributed by atoms with Gasteiger partial charge in [-0.05, 0) is 52.7 Å². The van der Waals surface area contributed by atoms with E-state index in [1.807, 2.05) is 12.1 Å². The van der Waals surface area contributed by atoms with Crippen molar-refractivity contribution < 1.29 is 5.11 Å². The molecule has 24 heavy (non-hydrogen) atoms. The first kappa shape index (κ1) is 14.8. The summed E-state index contributed by atoms with van der Waals surface area (Å²) in [6.45, 7) is 0. The summed E-state index contributed by atoms with van der Waals surface area (Å²) >= 11 is 3.62. The van der Waals surface area contributed by atoms with Crippen molar-refractivity contribution in [1.82, 2.24) is 9.97 Å². The molecular weight excluding hydrogens is 366 g/mol. The van der Waals surface area contributed by atoms with Crippen molar-refractivity contribution in [2.75, 3.05) is 5.32 Å². The van der Waals surface area contributed by atoms with E-state index >= 15 is 0 Å². The molecule has 0 spiro atoms. The number of aliphatic hydroxyl groups excluding tert-OH is 1. The van der Waals surface area contributed by atoms with Gasteiger partial charge in [-0.15, -0.1) is 0 Å². The van der Waals surface area contributed by atoms with Crippen molar-refractivity contribution in [1.29, 1.82) is 0 Å². The standard InChI is InChI=1S/C19H20BrN3O/c20-18-15(10-5-6-10)22-19(16(21-18)11-7-8-11)23-17-13-4-2-1-3-12(13)9-14(17)24/h1-4,10-11,14,17,24H,5-9H2,(H,22,23)/t14-,17+/m0/s1. The second-order valence-electron chi connectivity index (χ2n) is 7.27. The van der Waals surface area contributed by atoms with Crippen molar-refractivity contribution in [2.24, 2.45) is 0 Å². The number of nitrogens with zero attached hydrogens (tertiary/aromatic N) is 2. The van der Waals surface area contributed by atoms with Gasteiger partial charge in [-0.2, -0.15) is 0 Å². The summed E-state index contributed by atoms with van der Waals surface area (Å²) in [7, 11) is 0. The molecule has 5 heteroatoms. The zero-order valence-corrected chi connectivity index (χ0v) is 15.0. The fourth-order valence-corrected chi connectivity index (χ4v) is 4.30. The largest absolute Gasteiger partial charge is 0.390 e. The van der Waals surface area contributed by atoms with Gasteiger partial charge in [-0.3, -0.25) is 0 Å². The molecule has 1 heterocycles. The Bertz CT molecular complexity index is 801. The monoisotopic (exact) mass is 385 g/mol. The molecule has 3 aliphatic rings.